The van der Waals surface area contributed by atoms with Crippen LogP contribution in [0.5, 0.6) is 17.2 Å². The molecule has 0 N–H and O–H groups in total. The fraction of sp³-hybridized carbons (Fsp3) is 0.625. The lowest BCUT2D eigenvalue weighted by molar-refractivity contribution is 0.275. The van der Waals surface area contributed by atoms with E-state index in [4.69, 9.17) is 13.6 Å². The average molecular weight is 731 g/mol. The molecule has 0 radical (unpaired) electrons. The first-order valence-electron chi connectivity index (χ1n) is 19.9. The van der Waals surface area contributed by atoms with Gasteiger partial charge in [-0.1, -0.05) is 161 Å². The van der Waals surface area contributed by atoms with Crippen LogP contribution in [0.15, 0.2) is 54.6 Å². The quantitative estimate of drug-likeness (QED) is 0.146. The average Bonchev–Trinajstić information content (AvgIpc) is 2.97. The second-order valence-electron chi connectivity index (χ2n) is 20.9. The molecule has 0 fully saturated rings. The topological polar surface area (TPSA) is 27.7 Å². The first-order chi connectivity index (χ1) is 23.7. The van der Waals surface area contributed by atoms with Crippen molar-refractivity contribution >= 4 is 8.60 Å². The van der Waals surface area contributed by atoms with Gasteiger partial charge in [0.2, 0.25) is 0 Å². The SMILES string of the molecule is CCc1ccc(C(C)(C)CC(C)(C)C)c(OP(Oc2cc(CC)ccc2C(C)(C)CC(C)(C)C)Oc2cc(CC)ccc2C(C)(C)CC(C)(C)C)c1. The molecule has 3 aromatic rings. The fourth-order valence-electron chi connectivity index (χ4n) is 8.82. The predicted molar refractivity (Wildman–Crippen MR) is 228 cm³/mol. The van der Waals surface area contributed by atoms with Crippen molar-refractivity contribution in [2.75, 3.05) is 0 Å². The molecule has 0 amide bonds. The zero-order valence-electron chi connectivity index (χ0n) is 36.6. The summed E-state index contributed by atoms with van der Waals surface area (Å²) in [5.74, 6) is 2.55. The van der Waals surface area contributed by atoms with Gasteiger partial charge < -0.3 is 13.6 Å². The third-order valence-electron chi connectivity index (χ3n) is 9.99. The highest BCUT2D eigenvalue weighted by Gasteiger charge is 2.36. The van der Waals surface area contributed by atoms with Gasteiger partial charge >= 0.3 is 8.60 Å². The molecule has 3 aromatic carbocycles. The van der Waals surface area contributed by atoms with Crippen LogP contribution in [-0.4, -0.2) is 0 Å². The Labute approximate surface area is 322 Å². The summed E-state index contributed by atoms with van der Waals surface area (Å²) < 4.78 is 21.6. The number of hydrogen-bond donors (Lipinski definition) is 0. The molecular formula is C48H75O3P. The highest BCUT2D eigenvalue weighted by molar-refractivity contribution is 7.43. The highest BCUT2D eigenvalue weighted by Crippen LogP contribution is 2.52. The molecule has 0 saturated carbocycles. The van der Waals surface area contributed by atoms with Gasteiger partial charge in [-0.05, 0) is 106 Å². The van der Waals surface area contributed by atoms with Gasteiger partial charge in [0.1, 0.15) is 17.2 Å². The molecule has 4 heteroatoms. The van der Waals surface area contributed by atoms with Gasteiger partial charge in [0.15, 0.2) is 0 Å². The minimum Gasteiger partial charge on any atom is -0.408 e. The van der Waals surface area contributed by atoms with Gasteiger partial charge in [-0.2, -0.15) is 0 Å². The monoisotopic (exact) mass is 731 g/mol. The molecule has 290 valence electrons. The van der Waals surface area contributed by atoms with Crippen molar-refractivity contribution in [3.8, 4) is 17.2 Å². The molecule has 0 atom stereocenters. The summed E-state index contributed by atoms with van der Waals surface area (Å²) in [6.45, 7) is 41.5. The Kier molecular flexibility index (Phi) is 13.9. The zero-order valence-corrected chi connectivity index (χ0v) is 37.5. The standard InChI is InChI=1S/C48H75O3P/c1-19-34-22-25-37(46(13,14)31-43(4,5)6)40(28-34)49-52(50-41-29-35(20-2)23-26-38(41)47(15,16)32-44(7,8)9)51-42-30-36(21-3)24-27-39(42)48(17,18)33-45(10,11)12/h22-30H,19-21,31-33H2,1-18H3. The molecule has 0 bridgehead atoms. The van der Waals surface area contributed by atoms with Crippen LogP contribution in [0.4, 0.5) is 0 Å². The lowest BCUT2D eigenvalue weighted by Gasteiger charge is -2.36. The van der Waals surface area contributed by atoms with E-state index in [2.05, 4.69) is 179 Å². The molecular weight excluding hydrogens is 655 g/mol. The fourth-order valence-corrected chi connectivity index (χ4v) is 9.87. The normalized spacial score (nSPS) is 13.4. The van der Waals surface area contributed by atoms with Crippen LogP contribution in [0.2, 0.25) is 0 Å². The summed E-state index contributed by atoms with van der Waals surface area (Å²) in [5, 5.41) is 0. The lowest BCUT2D eigenvalue weighted by atomic mass is 9.72. The van der Waals surface area contributed by atoms with Gasteiger partial charge in [-0.25, -0.2) is 0 Å². The van der Waals surface area contributed by atoms with Crippen molar-refractivity contribution in [3.05, 3.63) is 88.0 Å². The third-order valence-corrected chi connectivity index (χ3v) is 11.0. The molecule has 0 aliphatic heterocycles. The summed E-state index contributed by atoms with van der Waals surface area (Å²) in [5.41, 5.74) is 7.29. The van der Waals surface area contributed by atoms with E-state index in [0.717, 1.165) is 55.8 Å². The van der Waals surface area contributed by atoms with Crippen LogP contribution in [0.1, 0.15) is 177 Å². The van der Waals surface area contributed by atoms with E-state index in [1.807, 2.05) is 0 Å². The zero-order chi connectivity index (χ0) is 39.5. The number of hydrogen-bond acceptors (Lipinski definition) is 3. The largest absolute Gasteiger partial charge is 0.530 e. The Balaban J connectivity index is 2.31. The van der Waals surface area contributed by atoms with E-state index in [0.29, 0.717) is 0 Å². The smallest absolute Gasteiger partial charge is 0.408 e. The van der Waals surface area contributed by atoms with E-state index in [1.54, 1.807) is 0 Å². The third kappa shape index (κ3) is 12.5. The summed E-state index contributed by atoms with van der Waals surface area (Å²) in [6.07, 6.45) is 5.79. The first kappa shape index (κ1) is 43.9. The van der Waals surface area contributed by atoms with Crippen molar-refractivity contribution < 1.29 is 13.6 Å². The maximum atomic E-state index is 7.20. The molecule has 52 heavy (non-hydrogen) atoms. The Bertz CT molecular complexity index is 1430. The van der Waals surface area contributed by atoms with Gasteiger partial charge in [-0.3, -0.25) is 0 Å². The van der Waals surface area contributed by atoms with Gasteiger partial charge in [0.25, 0.3) is 0 Å². The molecule has 3 nitrogen and oxygen atoms in total. The van der Waals surface area contributed by atoms with Crippen molar-refractivity contribution in [3.63, 3.8) is 0 Å². The molecule has 0 aliphatic carbocycles. The minimum atomic E-state index is -1.93. The van der Waals surface area contributed by atoms with Gasteiger partial charge in [0.05, 0.1) is 0 Å². The lowest BCUT2D eigenvalue weighted by Crippen LogP contribution is -2.26. The molecule has 0 aliphatic rings. The predicted octanol–water partition coefficient (Wildman–Crippen LogP) is 15.3. The van der Waals surface area contributed by atoms with Crippen molar-refractivity contribution in [2.24, 2.45) is 16.2 Å². The summed E-state index contributed by atoms with van der Waals surface area (Å²) in [4.78, 5) is 0. The van der Waals surface area contributed by atoms with Gasteiger partial charge in [-0.15, -0.1) is 0 Å². The Morgan fingerprint density at radius 1 is 0.385 bits per heavy atom. The van der Waals surface area contributed by atoms with E-state index >= 15 is 0 Å². The van der Waals surface area contributed by atoms with Crippen LogP contribution >= 0.6 is 8.60 Å². The number of benzene rings is 3. The number of aryl methyl sites for hydroxylation is 3. The summed E-state index contributed by atoms with van der Waals surface area (Å²) in [6, 6.07) is 20.3. The summed E-state index contributed by atoms with van der Waals surface area (Å²) >= 11 is 0. The molecule has 0 heterocycles. The molecule has 0 aromatic heterocycles. The Hall–Kier alpha value is -2.51. The molecule has 0 saturated heterocycles. The first-order valence-corrected chi connectivity index (χ1v) is 21.0. The second kappa shape index (κ2) is 16.5. The molecule has 0 unspecified atom stereocenters. The van der Waals surface area contributed by atoms with E-state index in [1.165, 1.54) is 33.4 Å². The van der Waals surface area contributed by atoms with Crippen LogP contribution in [0.3, 0.4) is 0 Å². The van der Waals surface area contributed by atoms with Crippen LogP contribution in [0, 0.1) is 16.2 Å². The maximum absolute atomic E-state index is 7.20. The van der Waals surface area contributed by atoms with E-state index in [-0.39, 0.29) is 32.5 Å². The minimum absolute atomic E-state index is 0.134. The van der Waals surface area contributed by atoms with Gasteiger partial charge in [0, 0.05) is 16.7 Å². The van der Waals surface area contributed by atoms with Crippen LogP contribution in [0.25, 0.3) is 0 Å². The molecule has 3 rings (SSSR count). The Morgan fingerprint density at radius 2 is 0.615 bits per heavy atom. The van der Waals surface area contributed by atoms with Crippen LogP contribution in [-0.2, 0) is 35.5 Å². The van der Waals surface area contributed by atoms with Crippen molar-refractivity contribution in [1.82, 2.24) is 0 Å². The molecule has 0 spiro atoms. The van der Waals surface area contributed by atoms with Crippen LogP contribution < -0.4 is 13.6 Å². The Morgan fingerprint density at radius 3 is 0.808 bits per heavy atom. The summed E-state index contributed by atoms with van der Waals surface area (Å²) in [7, 11) is -1.93. The number of rotatable bonds is 15. The van der Waals surface area contributed by atoms with E-state index in [9.17, 15) is 0 Å². The van der Waals surface area contributed by atoms with Crippen molar-refractivity contribution in [2.45, 2.75) is 179 Å². The van der Waals surface area contributed by atoms with E-state index < -0.39 is 8.60 Å². The maximum Gasteiger partial charge on any atom is 0.530 e. The highest BCUT2D eigenvalue weighted by atomic mass is 31.2. The second-order valence-corrected chi connectivity index (χ2v) is 21.9. The van der Waals surface area contributed by atoms with Crippen molar-refractivity contribution in [1.29, 1.82) is 0 Å².